The Morgan fingerprint density at radius 2 is 2.23 bits per heavy atom. The molecule has 0 aliphatic carbocycles. The molecule has 0 fully saturated rings. The Morgan fingerprint density at radius 1 is 1.36 bits per heavy atom. The van der Waals surface area contributed by atoms with Crippen LogP contribution in [0.2, 0.25) is 0 Å². The molecule has 0 unspecified atom stereocenters. The van der Waals surface area contributed by atoms with Crippen LogP contribution in [0, 0.1) is 12.3 Å². The van der Waals surface area contributed by atoms with Crippen LogP contribution in [0.15, 0.2) is 39.5 Å². The quantitative estimate of drug-likeness (QED) is 0.516. The Bertz CT molecular complexity index is 607. The van der Waals surface area contributed by atoms with Gasteiger partial charge in [-0.2, -0.15) is 11.3 Å². The van der Waals surface area contributed by atoms with Crippen LogP contribution in [-0.2, 0) is 17.9 Å². The van der Waals surface area contributed by atoms with Gasteiger partial charge in [0.15, 0.2) is 0 Å². The van der Waals surface area contributed by atoms with Gasteiger partial charge in [0, 0.05) is 0 Å². The molecule has 116 valence electrons. The summed E-state index contributed by atoms with van der Waals surface area (Å²) in [5.41, 5.74) is 1.21. The molecule has 0 radical (unpaired) electrons. The third-order valence-corrected chi connectivity index (χ3v) is 3.87. The summed E-state index contributed by atoms with van der Waals surface area (Å²) in [6.07, 6.45) is 9.42. The Morgan fingerprint density at radius 3 is 2.95 bits per heavy atom. The summed E-state index contributed by atoms with van der Waals surface area (Å²) >= 11 is 1.69. The van der Waals surface area contributed by atoms with Crippen LogP contribution in [0.5, 0.6) is 0 Å². The normalized spacial score (nSPS) is 11.3. The van der Waals surface area contributed by atoms with Crippen LogP contribution >= 0.6 is 11.3 Å². The van der Waals surface area contributed by atoms with E-state index in [4.69, 9.17) is 15.6 Å². The maximum absolute atomic E-state index is 5.76. The molecule has 0 bridgehead atoms. The zero-order valence-electron chi connectivity index (χ0n) is 12.8. The molecule has 22 heavy (non-hydrogen) atoms. The Hall–Kier alpha value is -1.80. The lowest BCUT2D eigenvalue weighted by molar-refractivity contribution is 0.129. The van der Waals surface area contributed by atoms with Crippen molar-refractivity contribution in [2.75, 3.05) is 19.7 Å². The van der Waals surface area contributed by atoms with Gasteiger partial charge in [0.25, 0.3) is 0 Å². The van der Waals surface area contributed by atoms with Crippen LogP contribution in [0.25, 0.3) is 6.08 Å². The minimum absolute atomic E-state index is 0.481. The van der Waals surface area contributed by atoms with Crippen molar-refractivity contribution in [2.24, 2.45) is 0 Å². The van der Waals surface area contributed by atoms with Crippen LogP contribution in [0.4, 0.5) is 0 Å². The van der Waals surface area contributed by atoms with Gasteiger partial charge in [-0.15, -0.1) is 6.42 Å². The number of ether oxygens (including phenoxy) is 1. The summed E-state index contributed by atoms with van der Waals surface area (Å²) in [6.45, 7) is 5.42. The first-order valence-corrected chi connectivity index (χ1v) is 8.26. The summed E-state index contributed by atoms with van der Waals surface area (Å²) in [6, 6.07) is 6.02. The van der Waals surface area contributed by atoms with Gasteiger partial charge in [0.1, 0.15) is 18.1 Å². The molecule has 0 spiro atoms. The molecule has 0 saturated heterocycles. The van der Waals surface area contributed by atoms with Crippen molar-refractivity contribution in [2.45, 2.75) is 20.1 Å². The van der Waals surface area contributed by atoms with Crippen molar-refractivity contribution >= 4 is 17.4 Å². The van der Waals surface area contributed by atoms with E-state index < -0.39 is 0 Å². The Kier molecular flexibility index (Phi) is 6.98. The summed E-state index contributed by atoms with van der Waals surface area (Å²) in [7, 11) is 0. The second kappa shape index (κ2) is 9.26. The number of rotatable bonds is 9. The SMILES string of the molecule is C#CCN(CC)Cc1ccc(COCC=Cc2ccsc2)o1. The summed E-state index contributed by atoms with van der Waals surface area (Å²) in [4.78, 5) is 2.15. The molecular weight excluding hydrogens is 294 g/mol. The van der Waals surface area contributed by atoms with Crippen LogP contribution in [0.3, 0.4) is 0 Å². The first kappa shape index (κ1) is 16.6. The highest BCUT2D eigenvalue weighted by Gasteiger charge is 2.06. The van der Waals surface area contributed by atoms with Crippen LogP contribution < -0.4 is 0 Å². The fourth-order valence-electron chi connectivity index (χ4n) is 2.00. The van der Waals surface area contributed by atoms with Crippen molar-refractivity contribution in [3.63, 3.8) is 0 Å². The largest absolute Gasteiger partial charge is 0.462 e. The number of hydrogen-bond acceptors (Lipinski definition) is 4. The van der Waals surface area contributed by atoms with Gasteiger partial charge in [-0.05, 0) is 41.1 Å². The van der Waals surface area contributed by atoms with Gasteiger partial charge >= 0.3 is 0 Å². The maximum atomic E-state index is 5.76. The average molecular weight is 315 g/mol. The van der Waals surface area contributed by atoms with E-state index in [1.54, 1.807) is 11.3 Å². The molecule has 0 aliphatic rings. The molecule has 4 heteroatoms. The fourth-order valence-corrected chi connectivity index (χ4v) is 2.62. The van der Waals surface area contributed by atoms with E-state index in [2.05, 4.69) is 40.6 Å². The van der Waals surface area contributed by atoms with E-state index in [1.807, 2.05) is 18.2 Å². The number of terminal acetylenes is 1. The third-order valence-electron chi connectivity index (χ3n) is 3.17. The lowest BCUT2D eigenvalue weighted by Gasteiger charge is -2.15. The lowest BCUT2D eigenvalue weighted by Crippen LogP contribution is -2.22. The molecule has 3 nitrogen and oxygen atoms in total. The van der Waals surface area contributed by atoms with Gasteiger partial charge in [-0.1, -0.05) is 25.0 Å². The molecular formula is C18H21NO2S. The summed E-state index contributed by atoms with van der Waals surface area (Å²) in [5.74, 6) is 4.42. The maximum Gasteiger partial charge on any atom is 0.129 e. The van der Waals surface area contributed by atoms with Gasteiger partial charge in [-0.25, -0.2) is 0 Å². The Labute approximate surface area is 136 Å². The van der Waals surface area contributed by atoms with E-state index in [9.17, 15) is 0 Å². The second-order valence-electron chi connectivity index (χ2n) is 4.85. The molecule has 2 aromatic heterocycles. The molecule has 2 rings (SSSR count). The standard InChI is InChI=1S/C18H21NO2S/c1-3-10-19(4-2)13-17-7-8-18(21-17)14-20-11-5-6-16-9-12-22-15-16/h1,5-9,12,15H,4,10-11,13-14H2,2H3. The van der Waals surface area contributed by atoms with Crippen molar-refractivity contribution in [3.05, 3.63) is 52.1 Å². The molecule has 0 N–H and O–H groups in total. The zero-order chi connectivity index (χ0) is 15.6. The molecule has 2 heterocycles. The van der Waals surface area contributed by atoms with Crippen molar-refractivity contribution in [3.8, 4) is 12.3 Å². The molecule has 0 amide bonds. The van der Waals surface area contributed by atoms with E-state index >= 15 is 0 Å². The third kappa shape index (κ3) is 5.53. The van der Waals surface area contributed by atoms with Crippen molar-refractivity contribution in [1.82, 2.24) is 4.90 Å². The molecule has 2 aromatic rings. The van der Waals surface area contributed by atoms with Crippen molar-refractivity contribution < 1.29 is 9.15 Å². The van der Waals surface area contributed by atoms with E-state index in [1.165, 1.54) is 5.56 Å². The van der Waals surface area contributed by atoms with Crippen molar-refractivity contribution in [1.29, 1.82) is 0 Å². The van der Waals surface area contributed by atoms with Crippen LogP contribution in [-0.4, -0.2) is 24.6 Å². The lowest BCUT2D eigenvalue weighted by atomic mass is 10.3. The highest BCUT2D eigenvalue weighted by molar-refractivity contribution is 7.08. The smallest absolute Gasteiger partial charge is 0.129 e. The molecule has 0 saturated carbocycles. The first-order chi connectivity index (χ1) is 10.8. The van der Waals surface area contributed by atoms with E-state index in [0.717, 1.165) is 24.6 Å². The van der Waals surface area contributed by atoms with Gasteiger partial charge < -0.3 is 9.15 Å². The number of nitrogens with zero attached hydrogens (tertiary/aromatic N) is 1. The summed E-state index contributed by atoms with van der Waals surface area (Å²) < 4.78 is 11.3. The summed E-state index contributed by atoms with van der Waals surface area (Å²) in [5, 5.41) is 4.16. The number of thiophene rings is 1. The second-order valence-corrected chi connectivity index (χ2v) is 5.63. The first-order valence-electron chi connectivity index (χ1n) is 7.31. The minimum atomic E-state index is 0.481. The van der Waals surface area contributed by atoms with Gasteiger partial charge in [-0.3, -0.25) is 4.90 Å². The number of hydrogen-bond donors (Lipinski definition) is 0. The van der Waals surface area contributed by atoms with Gasteiger partial charge in [0.05, 0.1) is 19.7 Å². The number of furan rings is 1. The van der Waals surface area contributed by atoms with Gasteiger partial charge in [0.2, 0.25) is 0 Å². The topological polar surface area (TPSA) is 25.6 Å². The highest BCUT2D eigenvalue weighted by atomic mass is 32.1. The Balaban J connectivity index is 1.71. The minimum Gasteiger partial charge on any atom is -0.462 e. The monoisotopic (exact) mass is 315 g/mol. The molecule has 0 aliphatic heterocycles. The zero-order valence-corrected chi connectivity index (χ0v) is 13.6. The van der Waals surface area contributed by atoms with E-state index in [0.29, 0.717) is 19.8 Å². The molecule has 0 aromatic carbocycles. The predicted molar refractivity (Wildman–Crippen MR) is 91.5 cm³/mol. The fraction of sp³-hybridized carbons (Fsp3) is 0.333. The van der Waals surface area contributed by atoms with E-state index in [-0.39, 0.29) is 0 Å². The predicted octanol–water partition coefficient (Wildman–Crippen LogP) is 4.03. The van der Waals surface area contributed by atoms with Crippen LogP contribution in [0.1, 0.15) is 24.0 Å². The molecule has 0 atom stereocenters. The highest BCUT2D eigenvalue weighted by Crippen LogP contribution is 2.12. The average Bonchev–Trinajstić information content (AvgIpc) is 3.18.